The molecule has 1 aromatic heterocycles. The van der Waals surface area contributed by atoms with Crippen LogP contribution in [0.2, 0.25) is 5.02 Å². The van der Waals surface area contributed by atoms with Crippen LogP contribution in [-0.2, 0) is 10.2 Å². The van der Waals surface area contributed by atoms with Crippen LogP contribution in [0, 0.1) is 0 Å². The molecule has 0 bridgehead atoms. The van der Waals surface area contributed by atoms with Gasteiger partial charge in [-0.2, -0.15) is 5.10 Å². The molecular weight excluding hydrogens is 336 g/mol. The van der Waals surface area contributed by atoms with Crippen molar-refractivity contribution in [2.24, 2.45) is 0 Å². The fourth-order valence-corrected chi connectivity index (χ4v) is 4.47. The van der Waals surface area contributed by atoms with Crippen molar-refractivity contribution < 1.29 is 4.79 Å². The monoisotopic (exact) mass is 352 g/mol. The predicted octanol–water partition coefficient (Wildman–Crippen LogP) is 3.71. The van der Waals surface area contributed by atoms with Crippen LogP contribution in [0.15, 0.2) is 42.6 Å². The maximum Gasteiger partial charge on any atom is 0.235 e. The van der Waals surface area contributed by atoms with Crippen LogP contribution in [0.25, 0.3) is 10.9 Å². The van der Waals surface area contributed by atoms with Gasteiger partial charge >= 0.3 is 0 Å². The van der Waals surface area contributed by atoms with Crippen molar-refractivity contribution in [1.29, 1.82) is 0 Å². The molecule has 6 heteroatoms. The SMILES string of the molecule is O=C1Nc2ccccc2C12CCN(c1cc(Cl)cc3[nH]ncc13)CC2. The van der Waals surface area contributed by atoms with E-state index in [4.69, 9.17) is 11.6 Å². The Morgan fingerprint density at radius 3 is 2.80 bits per heavy atom. The van der Waals surface area contributed by atoms with Crippen molar-refractivity contribution in [2.75, 3.05) is 23.3 Å². The number of fused-ring (bicyclic) bond motifs is 3. The first-order valence-electron chi connectivity index (χ1n) is 8.46. The number of carbonyl (C=O) groups excluding carboxylic acids is 1. The van der Waals surface area contributed by atoms with Gasteiger partial charge < -0.3 is 10.2 Å². The molecule has 0 saturated carbocycles. The predicted molar refractivity (Wildman–Crippen MR) is 99.3 cm³/mol. The standard InChI is InChI=1S/C19H17ClN4O/c20-12-9-16-13(11-21-23-16)17(10-12)24-7-5-19(6-8-24)14-3-1-2-4-15(14)22-18(19)25/h1-4,9-11H,5-8H2,(H,21,23)(H,22,25). The molecule has 1 amide bonds. The molecule has 25 heavy (non-hydrogen) atoms. The summed E-state index contributed by atoms with van der Waals surface area (Å²) in [5.41, 5.74) is 3.71. The van der Waals surface area contributed by atoms with Crippen molar-refractivity contribution in [3.8, 4) is 0 Å². The lowest BCUT2D eigenvalue weighted by molar-refractivity contribution is -0.121. The van der Waals surface area contributed by atoms with E-state index in [1.54, 1.807) is 0 Å². The summed E-state index contributed by atoms with van der Waals surface area (Å²) in [5.74, 6) is 0.132. The van der Waals surface area contributed by atoms with Gasteiger partial charge in [0, 0.05) is 34.9 Å². The van der Waals surface area contributed by atoms with Crippen molar-refractivity contribution in [1.82, 2.24) is 10.2 Å². The zero-order valence-electron chi connectivity index (χ0n) is 13.6. The Labute approximate surface area is 150 Å². The number of hydrogen-bond acceptors (Lipinski definition) is 3. The Kier molecular flexibility index (Phi) is 3.09. The normalized spacial score (nSPS) is 18.6. The lowest BCUT2D eigenvalue weighted by Crippen LogP contribution is -2.46. The minimum atomic E-state index is -0.402. The van der Waals surface area contributed by atoms with Gasteiger partial charge in [-0.05, 0) is 36.6 Å². The van der Waals surface area contributed by atoms with E-state index in [-0.39, 0.29) is 5.91 Å². The van der Waals surface area contributed by atoms with Gasteiger partial charge in [0.1, 0.15) is 0 Å². The number of nitrogens with one attached hydrogen (secondary N) is 2. The number of nitrogens with zero attached hydrogens (tertiary/aromatic N) is 2. The second-order valence-electron chi connectivity index (χ2n) is 6.83. The van der Waals surface area contributed by atoms with Gasteiger partial charge in [0.05, 0.1) is 17.1 Å². The van der Waals surface area contributed by atoms with Gasteiger partial charge in [0.15, 0.2) is 0 Å². The van der Waals surface area contributed by atoms with E-state index >= 15 is 0 Å². The summed E-state index contributed by atoms with van der Waals surface area (Å²) >= 11 is 6.27. The number of carbonyl (C=O) groups is 1. The molecule has 126 valence electrons. The molecular formula is C19H17ClN4O. The lowest BCUT2D eigenvalue weighted by atomic mass is 9.73. The summed E-state index contributed by atoms with van der Waals surface area (Å²) in [6, 6.07) is 11.9. The molecule has 2 aliphatic rings. The first kappa shape index (κ1) is 14.8. The maximum atomic E-state index is 12.7. The number of halogens is 1. The van der Waals surface area contributed by atoms with E-state index in [0.29, 0.717) is 5.02 Å². The first-order valence-corrected chi connectivity index (χ1v) is 8.84. The molecule has 3 heterocycles. The zero-order valence-corrected chi connectivity index (χ0v) is 14.3. The van der Waals surface area contributed by atoms with Gasteiger partial charge in [0.2, 0.25) is 5.91 Å². The minimum Gasteiger partial charge on any atom is -0.371 e. The van der Waals surface area contributed by atoms with E-state index in [0.717, 1.165) is 53.8 Å². The van der Waals surface area contributed by atoms with Crippen LogP contribution in [0.3, 0.4) is 0 Å². The number of amides is 1. The molecule has 1 fully saturated rings. The highest BCUT2D eigenvalue weighted by Crippen LogP contribution is 2.46. The van der Waals surface area contributed by atoms with E-state index in [9.17, 15) is 4.79 Å². The van der Waals surface area contributed by atoms with Gasteiger partial charge in [-0.25, -0.2) is 0 Å². The summed E-state index contributed by atoms with van der Waals surface area (Å²) in [6.45, 7) is 1.62. The number of rotatable bonds is 1. The highest BCUT2D eigenvalue weighted by Gasteiger charge is 2.48. The van der Waals surface area contributed by atoms with E-state index in [1.165, 1.54) is 0 Å². The summed E-state index contributed by atoms with van der Waals surface area (Å²) in [7, 11) is 0. The van der Waals surface area contributed by atoms with Crippen LogP contribution < -0.4 is 10.2 Å². The van der Waals surface area contributed by atoms with E-state index < -0.39 is 5.41 Å². The quantitative estimate of drug-likeness (QED) is 0.702. The van der Waals surface area contributed by atoms with Crippen molar-refractivity contribution in [3.63, 3.8) is 0 Å². The third-order valence-corrected chi connectivity index (χ3v) is 5.80. The fourth-order valence-electron chi connectivity index (χ4n) is 4.26. The number of H-pyrrole nitrogens is 1. The van der Waals surface area contributed by atoms with Gasteiger partial charge in [-0.15, -0.1) is 0 Å². The molecule has 5 nitrogen and oxygen atoms in total. The third-order valence-electron chi connectivity index (χ3n) is 5.58. The summed E-state index contributed by atoms with van der Waals surface area (Å²) in [5, 5.41) is 11.9. The molecule has 1 saturated heterocycles. The molecule has 0 atom stereocenters. The Hall–Kier alpha value is -2.53. The van der Waals surface area contributed by atoms with Gasteiger partial charge in [-0.1, -0.05) is 29.8 Å². The first-order chi connectivity index (χ1) is 12.2. The van der Waals surface area contributed by atoms with Crippen molar-refractivity contribution in [3.05, 3.63) is 53.2 Å². The molecule has 5 rings (SSSR count). The molecule has 0 unspecified atom stereocenters. The smallest absolute Gasteiger partial charge is 0.235 e. The minimum absolute atomic E-state index is 0.132. The molecule has 2 aliphatic heterocycles. The average molecular weight is 353 g/mol. The number of anilines is 2. The average Bonchev–Trinajstić information content (AvgIpc) is 3.19. The number of aromatic amines is 1. The zero-order chi connectivity index (χ0) is 17.0. The number of benzene rings is 2. The third kappa shape index (κ3) is 2.09. The lowest BCUT2D eigenvalue weighted by Gasteiger charge is -2.39. The fraction of sp³-hybridized carbons (Fsp3) is 0.263. The molecule has 0 radical (unpaired) electrons. The van der Waals surface area contributed by atoms with Gasteiger partial charge in [-0.3, -0.25) is 9.89 Å². The largest absolute Gasteiger partial charge is 0.371 e. The highest BCUT2D eigenvalue weighted by molar-refractivity contribution is 6.31. The van der Waals surface area contributed by atoms with Crippen LogP contribution in [0.1, 0.15) is 18.4 Å². The Balaban J connectivity index is 1.49. The van der Waals surface area contributed by atoms with Crippen molar-refractivity contribution >= 4 is 39.8 Å². The summed E-state index contributed by atoms with van der Waals surface area (Å²) < 4.78 is 0. The molecule has 3 aromatic rings. The highest BCUT2D eigenvalue weighted by atomic mass is 35.5. The molecule has 1 spiro atoms. The summed E-state index contributed by atoms with van der Waals surface area (Å²) in [6.07, 6.45) is 3.42. The Bertz CT molecular complexity index is 988. The summed E-state index contributed by atoms with van der Waals surface area (Å²) in [4.78, 5) is 15.0. The van der Waals surface area contributed by atoms with E-state index in [2.05, 4.69) is 26.5 Å². The van der Waals surface area contributed by atoms with Gasteiger partial charge in [0.25, 0.3) is 0 Å². The maximum absolute atomic E-state index is 12.7. The number of hydrogen-bond donors (Lipinski definition) is 2. The van der Waals surface area contributed by atoms with Crippen molar-refractivity contribution in [2.45, 2.75) is 18.3 Å². The van der Waals surface area contributed by atoms with Crippen LogP contribution in [-0.4, -0.2) is 29.2 Å². The Morgan fingerprint density at radius 2 is 1.96 bits per heavy atom. The Morgan fingerprint density at radius 1 is 1.16 bits per heavy atom. The second kappa shape index (κ2) is 5.23. The van der Waals surface area contributed by atoms with Crippen LogP contribution in [0.5, 0.6) is 0 Å². The second-order valence-corrected chi connectivity index (χ2v) is 7.26. The number of aromatic nitrogens is 2. The number of para-hydroxylation sites is 1. The topological polar surface area (TPSA) is 61.0 Å². The van der Waals surface area contributed by atoms with E-state index in [1.807, 2.05) is 36.5 Å². The van der Waals surface area contributed by atoms with Crippen LogP contribution in [0.4, 0.5) is 11.4 Å². The number of piperidine rings is 1. The molecule has 0 aliphatic carbocycles. The van der Waals surface area contributed by atoms with Crippen LogP contribution >= 0.6 is 11.6 Å². The molecule has 2 N–H and O–H groups in total. The molecule has 2 aromatic carbocycles.